The van der Waals surface area contributed by atoms with Crippen LogP contribution < -0.4 is 11.1 Å². The Morgan fingerprint density at radius 1 is 1.67 bits per heavy atom. The van der Waals surface area contributed by atoms with Gasteiger partial charge in [0.1, 0.15) is 6.17 Å². The molecule has 0 aromatic carbocycles. The Morgan fingerprint density at radius 3 is 3.25 bits per heavy atom. The molecule has 0 aliphatic carbocycles. The number of hydrogen-bond acceptors (Lipinski definition) is 3. The number of nitrogens with two attached hydrogens (primary N) is 1. The minimum absolute atomic E-state index is 0.146. The van der Waals surface area contributed by atoms with Gasteiger partial charge in [0.15, 0.2) is 0 Å². The third-order valence-electron chi connectivity index (χ3n) is 1.87. The zero-order chi connectivity index (χ0) is 8.55. The summed E-state index contributed by atoms with van der Waals surface area (Å²) in [6.45, 7) is 0. The molecule has 1 atom stereocenters. The summed E-state index contributed by atoms with van der Waals surface area (Å²) in [6, 6.07) is 0. The van der Waals surface area contributed by atoms with Gasteiger partial charge >= 0.3 is 0 Å². The van der Waals surface area contributed by atoms with Gasteiger partial charge in [0.25, 0.3) is 0 Å². The Labute approximate surface area is 70.0 Å². The molecule has 1 unspecified atom stereocenters. The standard InChI is InChI=1S/C8H9N3O/c9-8(12)6-1-2-7-10-3-4-11(7)5-6/h1-5,7,10H,(H2,9,12). The number of amides is 1. The summed E-state index contributed by atoms with van der Waals surface area (Å²) >= 11 is 0. The Balaban J connectivity index is 2.25. The van der Waals surface area contributed by atoms with Crippen LogP contribution in [-0.4, -0.2) is 17.0 Å². The topological polar surface area (TPSA) is 58.4 Å². The molecule has 1 amide bonds. The van der Waals surface area contributed by atoms with Crippen LogP contribution in [0.15, 0.2) is 36.3 Å². The molecule has 62 valence electrons. The highest BCUT2D eigenvalue weighted by Gasteiger charge is 2.18. The number of primary amides is 1. The highest BCUT2D eigenvalue weighted by molar-refractivity contribution is 5.94. The average molecular weight is 163 g/mol. The van der Waals surface area contributed by atoms with Gasteiger partial charge in [0.05, 0.1) is 5.57 Å². The van der Waals surface area contributed by atoms with E-state index in [0.29, 0.717) is 5.57 Å². The van der Waals surface area contributed by atoms with Crippen molar-refractivity contribution in [3.63, 3.8) is 0 Å². The van der Waals surface area contributed by atoms with Crippen molar-refractivity contribution in [2.45, 2.75) is 6.17 Å². The van der Waals surface area contributed by atoms with Crippen molar-refractivity contribution in [3.05, 3.63) is 36.3 Å². The maximum absolute atomic E-state index is 10.8. The highest BCUT2D eigenvalue weighted by atomic mass is 16.1. The van der Waals surface area contributed by atoms with Crippen LogP contribution in [-0.2, 0) is 4.79 Å². The number of carbonyl (C=O) groups excluding carboxylic acids is 1. The number of nitrogens with one attached hydrogen (secondary N) is 1. The number of carbonyl (C=O) groups is 1. The lowest BCUT2D eigenvalue weighted by Crippen LogP contribution is -2.33. The monoisotopic (exact) mass is 163 g/mol. The molecule has 0 aromatic rings. The van der Waals surface area contributed by atoms with Gasteiger partial charge in [-0.05, 0) is 12.2 Å². The number of nitrogens with zero attached hydrogens (tertiary/aromatic N) is 1. The molecular formula is C8H9N3O. The van der Waals surface area contributed by atoms with Crippen LogP contribution in [0.2, 0.25) is 0 Å². The summed E-state index contributed by atoms with van der Waals surface area (Å²) in [5, 5.41) is 3.08. The largest absolute Gasteiger partial charge is 0.366 e. The summed E-state index contributed by atoms with van der Waals surface area (Å²) in [5.74, 6) is -0.398. The summed E-state index contributed by atoms with van der Waals surface area (Å²) in [4.78, 5) is 12.7. The SMILES string of the molecule is NC(=O)C1=CN2C=CNC2C=C1. The second-order valence-corrected chi connectivity index (χ2v) is 2.68. The molecule has 12 heavy (non-hydrogen) atoms. The van der Waals surface area contributed by atoms with Crippen molar-refractivity contribution < 1.29 is 4.79 Å². The molecule has 2 heterocycles. The van der Waals surface area contributed by atoms with Crippen LogP contribution >= 0.6 is 0 Å². The molecule has 0 spiro atoms. The van der Waals surface area contributed by atoms with Crippen molar-refractivity contribution in [2.75, 3.05) is 0 Å². The first-order chi connectivity index (χ1) is 5.77. The number of hydrogen-bond donors (Lipinski definition) is 2. The van der Waals surface area contributed by atoms with Gasteiger partial charge in [-0.2, -0.15) is 0 Å². The van der Waals surface area contributed by atoms with Crippen molar-refractivity contribution >= 4 is 5.91 Å². The zero-order valence-electron chi connectivity index (χ0n) is 6.40. The lowest BCUT2D eigenvalue weighted by molar-refractivity contribution is -0.114. The van der Waals surface area contributed by atoms with Gasteiger partial charge < -0.3 is 16.0 Å². The molecule has 4 nitrogen and oxygen atoms in total. The third-order valence-corrected chi connectivity index (χ3v) is 1.87. The van der Waals surface area contributed by atoms with Gasteiger partial charge in [0, 0.05) is 18.6 Å². The quantitative estimate of drug-likeness (QED) is 0.554. The second kappa shape index (κ2) is 2.41. The summed E-state index contributed by atoms with van der Waals surface area (Å²) in [7, 11) is 0. The van der Waals surface area contributed by atoms with E-state index in [0.717, 1.165) is 0 Å². The Morgan fingerprint density at radius 2 is 2.50 bits per heavy atom. The first-order valence-electron chi connectivity index (χ1n) is 3.67. The lowest BCUT2D eigenvalue weighted by atomic mass is 10.2. The first-order valence-corrected chi connectivity index (χ1v) is 3.67. The van der Waals surface area contributed by atoms with Crippen LogP contribution in [0.4, 0.5) is 0 Å². The van der Waals surface area contributed by atoms with E-state index in [1.807, 2.05) is 23.4 Å². The van der Waals surface area contributed by atoms with E-state index >= 15 is 0 Å². The van der Waals surface area contributed by atoms with E-state index in [-0.39, 0.29) is 6.17 Å². The molecule has 0 fully saturated rings. The summed E-state index contributed by atoms with van der Waals surface area (Å²) < 4.78 is 0. The van der Waals surface area contributed by atoms with Gasteiger partial charge in [0.2, 0.25) is 5.91 Å². The van der Waals surface area contributed by atoms with Crippen LogP contribution in [0.1, 0.15) is 0 Å². The van der Waals surface area contributed by atoms with Gasteiger partial charge in [-0.15, -0.1) is 0 Å². The molecule has 0 aromatic heterocycles. The summed E-state index contributed by atoms with van der Waals surface area (Å²) in [6.07, 6.45) is 9.17. The predicted octanol–water partition coefficient (Wildman–Crippen LogP) is -0.372. The van der Waals surface area contributed by atoms with Crippen molar-refractivity contribution in [2.24, 2.45) is 5.73 Å². The Bertz CT molecular complexity index is 303. The van der Waals surface area contributed by atoms with Crippen LogP contribution in [0.5, 0.6) is 0 Å². The Kier molecular flexibility index (Phi) is 1.40. The molecule has 2 aliphatic heterocycles. The molecule has 0 radical (unpaired) electrons. The van der Waals surface area contributed by atoms with Gasteiger partial charge in [-0.3, -0.25) is 4.79 Å². The average Bonchev–Trinajstić information content (AvgIpc) is 2.49. The lowest BCUT2D eigenvalue weighted by Gasteiger charge is -2.22. The smallest absolute Gasteiger partial charge is 0.250 e. The van der Waals surface area contributed by atoms with E-state index < -0.39 is 5.91 Å². The first kappa shape index (κ1) is 6.97. The highest BCUT2D eigenvalue weighted by Crippen LogP contribution is 2.15. The minimum Gasteiger partial charge on any atom is -0.366 e. The Hall–Kier alpha value is -1.71. The fourth-order valence-electron chi connectivity index (χ4n) is 1.23. The van der Waals surface area contributed by atoms with E-state index in [4.69, 9.17) is 5.73 Å². The fourth-order valence-corrected chi connectivity index (χ4v) is 1.23. The molecule has 2 rings (SSSR count). The van der Waals surface area contributed by atoms with E-state index in [1.165, 1.54) is 0 Å². The van der Waals surface area contributed by atoms with E-state index in [2.05, 4.69) is 5.32 Å². The van der Waals surface area contributed by atoms with Crippen molar-refractivity contribution in [3.8, 4) is 0 Å². The van der Waals surface area contributed by atoms with Gasteiger partial charge in [-0.1, -0.05) is 0 Å². The zero-order valence-corrected chi connectivity index (χ0v) is 6.40. The van der Waals surface area contributed by atoms with Crippen LogP contribution in [0.25, 0.3) is 0 Å². The molecule has 2 aliphatic rings. The minimum atomic E-state index is -0.398. The molecule has 3 N–H and O–H groups in total. The summed E-state index contributed by atoms with van der Waals surface area (Å²) in [5.41, 5.74) is 5.65. The molecule has 0 bridgehead atoms. The van der Waals surface area contributed by atoms with Crippen molar-refractivity contribution in [1.82, 2.24) is 10.2 Å². The fraction of sp³-hybridized carbons (Fsp3) is 0.125. The van der Waals surface area contributed by atoms with Crippen LogP contribution in [0, 0.1) is 0 Å². The molecule has 0 saturated heterocycles. The van der Waals surface area contributed by atoms with Crippen molar-refractivity contribution in [1.29, 1.82) is 0 Å². The third kappa shape index (κ3) is 0.972. The van der Waals surface area contributed by atoms with Crippen LogP contribution in [0.3, 0.4) is 0 Å². The molecule has 0 saturated carbocycles. The maximum Gasteiger partial charge on any atom is 0.250 e. The predicted molar refractivity (Wildman–Crippen MR) is 44.3 cm³/mol. The normalized spacial score (nSPS) is 24.8. The van der Waals surface area contributed by atoms with E-state index in [9.17, 15) is 4.79 Å². The van der Waals surface area contributed by atoms with E-state index in [1.54, 1.807) is 12.3 Å². The molecule has 4 heteroatoms. The second-order valence-electron chi connectivity index (χ2n) is 2.68. The molecular weight excluding hydrogens is 154 g/mol. The number of rotatable bonds is 1. The van der Waals surface area contributed by atoms with Gasteiger partial charge in [-0.25, -0.2) is 0 Å². The maximum atomic E-state index is 10.8. The number of fused-ring (bicyclic) bond motifs is 1.